The Hall–Kier alpha value is -2.62. The normalized spacial score (nSPS) is 10.5. The minimum Gasteiger partial charge on any atom is -0.326 e. The van der Waals surface area contributed by atoms with Crippen LogP contribution in [0, 0.1) is 0 Å². The zero-order valence-corrected chi connectivity index (χ0v) is 17.6. The second kappa shape index (κ2) is 13.5. The zero-order chi connectivity index (χ0) is 20.7. The van der Waals surface area contributed by atoms with Crippen molar-refractivity contribution in [2.45, 2.75) is 71.1 Å². The van der Waals surface area contributed by atoms with Crippen LogP contribution in [0.1, 0.15) is 81.5 Å². The van der Waals surface area contributed by atoms with E-state index in [2.05, 4.69) is 17.6 Å². The summed E-state index contributed by atoms with van der Waals surface area (Å²) < 4.78 is 0. The number of hydrogen-bond acceptors (Lipinski definition) is 2. The number of anilines is 2. The predicted octanol–water partition coefficient (Wildman–Crippen LogP) is 6.80. The van der Waals surface area contributed by atoms with Crippen LogP contribution in [0.4, 0.5) is 11.4 Å². The van der Waals surface area contributed by atoms with Gasteiger partial charge in [-0.3, -0.25) is 9.59 Å². The summed E-state index contributed by atoms with van der Waals surface area (Å²) in [4.78, 5) is 24.3. The van der Waals surface area contributed by atoms with Gasteiger partial charge in [0, 0.05) is 23.4 Å². The molecule has 0 fully saturated rings. The summed E-state index contributed by atoms with van der Waals surface area (Å²) in [6.07, 6.45) is 11.7. The molecule has 2 aromatic carbocycles. The summed E-state index contributed by atoms with van der Waals surface area (Å²) in [6, 6.07) is 16.4. The van der Waals surface area contributed by atoms with E-state index in [1.165, 1.54) is 44.9 Å². The van der Waals surface area contributed by atoms with Gasteiger partial charge in [0.15, 0.2) is 0 Å². The van der Waals surface area contributed by atoms with Gasteiger partial charge in [0.2, 0.25) is 5.91 Å². The van der Waals surface area contributed by atoms with Crippen LogP contribution in [0.3, 0.4) is 0 Å². The van der Waals surface area contributed by atoms with Crippen molar-refractivity contribution in [2.24, 2.45) is 0 Å². The van der Waals surface area contributed by atoms with Gasteiger partial charge in [0.05, 0.1) is 0 Å². The van der Waals surface area contributed by atoms with Gasteiger partial charge in [-0.25, -0.2) is 0 Å². The van der Waals surface area contributed by atoms with E-state index in [9.17, 15) is 9.59 Å². The van der Waals surface area contributed by atoms with Gasteiger partial charge in [-0.2, -0.15) is 0 Å². The Labute approximate surface area is 175 Å². The average Bonchev–Trinajstić information content (AvgIpc) is 2.74. The second-order valence-corrected chi connectivity index (χ2v) is 7.52. The van der Waals surface area contributed by atoms with E-state index in [-0.39, 0.29) is 11.8 Å². The Bertz CT molecular complexity index is 726. The first-order valence-corrected chi connectivity index (χ1v) is 11.0. The van der Waals surface area contributed by atoms with Gasteiger partial charge in [-0.1, -0.05) is 76.5 Å². The molecule has 4 heteroatoms. The van der Waals surface area contributed by atoms with E-state index >= 15 is 0 Å². The van der Waals surface area contributed by atoms with E-state index in [1.54, 1.807) is 24.3 Å². The fourth-order valence-electron chi connectivity index (χ4n) is 3.25. The van der Waals surface area contributed by atoms with Crippen LogP contribution in [0.2, 0.25) is 0 Å². The first-order valence-electron chi connectivity index (χ1n) is 11.0. The number of carbonyl (C=O) groups is 2. The Morgan fingerprint density at radius 2 is 1.21 bits per heavy atom. The van der Waals surface area contributed by atoms with Crippen LogP contribution in [0.15, 0.2) is 54.6 Å². The standard InChI is InChI=1S/C25H34N2O2/c1-2-3-4-5-6-7-8-9-13-16-24(28)26-23-19-17-21(18-20-23)25(29)27-22-14-11-10-12-15-22/h10-12,14-15,17-20H,2-9,13,16H2,1H3,(H,26,28)(H,27,29). The van der Waals surface area contributed by atoms with Crippen molar-refractivity contribution in [3.8, 4) is 0 Å². The van der Waals surface area contributed by atoms with Gasteiger partial charge < -0.3 is 10.6 Å². The minimum absolute atomic E-state index is 0.0365. The summed E-state index contributed by atoms with van der Waals surface area (Å²) in [7, 11) is 0. The smallest absolute Gasteiger partial charge is 0.255 e. The molecule has 0 saturated heterocycles. The maximum absolute atomic E-state index is 12.3. The molecule has 2 N–H and O–H groups in total. The summed E-state index contributed by atoms with van der Waals surface area (Å²) in [6.45, 7) is 2.24. The molecule has 0 aliphatic rings. The van der Waals surface area contributed by atoms with E-state index in [0.717, 1.165) is 24.2 Å². The molecule has 0 atom stereocenters. The maximum Gasteiger partial charge on any atom is 0.255 e. The molecule has 2 rings (SSSR count). The van der Waals surface area contributed by atoms with E-state index in [4.69, 9.17) is 0 Å². The lowest BCUT2D eigenvalue weighted by atomic mass is 10.1. The SMILES string of the molecule is CCCCCCCCCCCC(=O)Nc1ccc(C(=O)Nc2ccccc2)cc1. The van der Waals surface area contributed by atoms with E-state index < -0.39 is 0 Å². The Morgan fingerprint density at radius 3 is 1.83 bits per heavy atom. The molecule has 0 radical (unpaired) electrons. The molecule has 2 aromatic rings. The van der Waals surface area contributed by atoms with Gasteiger partial charge in [-0.15, -0.1) is 0 Å². The summed E-state index contributed by atoms with van der Waals surface area (Å²) in [5, 5.41) is 5.76. The molecule has 0 spiro atoms. The molecule has 0 saturated carbocycles. The molecule has 2 amide bonds. The van der Waals surface area contributed by atoms with Crippen LogP contribution >= 0.6 is 0 Å². The summed E-state index contributed by atoms with van der Waals surface area (Å²) in [5.74, 6) is -0.127. The monoisotopic (exact) mass is 394 g/mol. The second-order valence-electron chi connectivity index (χ2n) is 7.52. The number of hydrogen-bond donors (Lipinski definition) is 2. The van der Waals surface area contributed by atoms with Crippen molar-refractivity contribution >= 4 is 23.2 Å². The van der Waals surface area contributed by atoms with E-state index in [0.29, 0.717) is 12.0 Å². The Kier molecular flexibility index (Phi) is 10.6. The highest BCUT2D eigenvalue weighted by atomic mass is 16.2. The highest BCUT2D eigenvalue weighted by Crippen LogP contribution is 2.14. The van der Waals surface area contributed by atoms with Crippen molar-refractivity contribution in [1.29, 1.82) is 0 Å². The third-order valence-corrected chi connectivity index (χ3v) is 4.97. The lowest BCUT2D eigenvalue weighted by Gasteiger charge is -2.08. The Balaban J connectivity index is 1.62. The first kappa shape index (κ1) is 22.7. The maximum atomic E-state index is 12.3. The zero-order valence-electron chi connectivity index (χ0n) is 17.6. The number of carbonyl (C=O) groups excluding carboxylic acids is 2. The average molecular weight is 395 g/mol. The van der Waals surface area contributed by atoms with Crippen molar-refractivity contribution in [3.05, 3.63) is 60.2 Å². The lowest BCUT2D eigenvalue weighted by Crippen LogP contribution is -2.13. The third kappa shape index (κ3) is 9.42. The molecule has 0 unspecified atom stereocenters. The number of nitrogens with one attached hydrogen (secondary N) is 2. The number of amides is 2. The van der Waals surface area contributed by atoms with Crippen LogP contribution in [0.25, 0.3) is 0 Å². The fraction of sp³-hybridized carbons (Fsp3) is 0.440. The Morgan fingerprint density at radius 1 is 0.655 bits per heavy atom. The van der Waals surface area contributed by atoms with Crippen LogP contribution in [-0.2, 0) is 4.79 Å². The van der Waals surface area contributed by atoms with Crippen LogP contribution in [-0.4, -0.2) is 11.8 Å². The molecule has 0 aliphatic heterocycles. The van der Waals surface area contributed by atoms with Crippen molar-refractivity contribution in [2.75, 3.05) is 10.6 Å². The number of para-hydroxylation sites is 1. The van der Waals surface area contributed by atoms with Crippen molar-refractivity contribution in [1.82, 2.24) is 0 Å². The molecule has 0 aliphatic carbocycles. The lowest BCUT2D eigenvalue weighted by molar-refractivity contribution is -0.116. The van der Waals surface area contributed by atoms with Crippen molar-refractivity contribution in [3.63, 3.8) is 0 Å². The topological polar surface area (TPSA) is 58.2 Å². The summed E-state index contributed by atoms with van der Waals surface area (Å²) in [5.41, 5.74) is 2.05. The third-order valence-electron chi connectivity index (χ3n) is 4.97. The van der Waals surface area contributed by atoms with Gasteiger partial charge >= 0.3 is 0 Å². The number of rotatable bonds is 13. The van der Waals surface area contributed by atoms with Gasteiger partial charge in [0.1, 0.15) is 0 Å². The fourth-order valence-corrected chi connectivity index (χ4v) is 3.25. The molecular formula is C25H34N2O2. The molecule has 156 valence electrons. The minimum atomic E-state index is -0.163. The summed E-state index contributed by atoms with van der Waals surface area (Å²) >= 11 is 0. The predicted molar refractivity (Wildman–Crippen MR) is 121 cm³/mol. The van der Waals surface area contributed by atoms with E-state index in [1.807, 2.05) is 30.3 Å². The molecule has 29 heavy (non-hydrogen) atoms. The number of benzene rings is 2. The molecular weight excluding hydrogens is 360 g/mol. The molecule has 4 nitrogen and oxygen atoms in total. The highest BCUT2D eigenvalue weighted by molar-refractivity contribution is 6.04. The largest absolute Gasteiger partial charge is 0.326 e. The van der Waals surface area contributed by atoms with Crippen molar-refractivity contribution < 1.29 is 9.59 Å². The van der Waals surface area contributed by atoms with Crippen LogP contribution < -0.4 is 10.6 Å². The van der Waals surface area contributed by atoms with Gasteiger partial charge in [-0.05, 0) is 42.8 Å². The molecule has 0 bridgehead atoms. The molecule has 0 heterocycles. The number of unbranched alkanes of at least 4 members (excludes halogenated alkanes) is 8. The molecule has 0 aromatic heterocycles. The van der Waals surface area contributed by atoms with Gasteiger partial charge in [0.25, 0.3) is 5.91 Å². The quantitative estimate of drug-likeness (QED) is 0.367. The highest BCUT2D eigenvalue weighted by Gasteiger charge is 2.07. The van der Waals surface area contributed by atoms with Crippen LogP contribution in [0.5, 0.6) is 0 Å². The first-order chi connectivity index (χ1) is 14.2.